The topological polar surface area (TPSA) is 52.3 Å². The summed E-state index contributed by atoms with van der Waals surface area (Å²) in [5.41, 5.74) is 5.70. The number of benzene rings is 1. The van der Waals surface area contributed by atoms with Crippen LogP contribution in [0.2, 0.25) is 0 Å². The van der Waals surface area contributed by atoms with Gasteiger partial charge in [0.05, 0.1) is 12.2 Å². The van der Waals surface area contributed by atoms with Crippen LogP contribution in [0.25, 0.3) is 0 Å². The summed E-state index contributed by atoms with van der Waals surface area (Å²) in [6.07, 6.45) is -3.04. The van der Waals surface area contributed by atoms with Crippen LogP contribution >= 0.6 is 0 Å². The lowest BCUT2D eigenvalue weighted by atomic mass is 10.1. The second-order valence-electron chi connectivity index (χ2n) is 3.84. The Kier molecular flexibility index (Phi) is 4.97. The van der Waals surface area contributed by atoms with Gasteiger partial charge in [-0.15, -0.1) is 0 Å². The molecule has 6 heteroatoms. The van der Waals surface area contributed by atoms with Crippen LogP contribution in [0.5, 0.6) is 0 Å². The Balaban J connectivity index is 2.70. The molecule has 0 saturated heterocycles. The summed E-state index contributed by atoms with van der Waals surface area (Å²) in [5.74, 6) is -0.563. The van der Waals surface area contributed by atoms with Gasteiger partial charge in [-0.3, -0.25) is 0 Å². The third-order valence-electron chi connectivity index (χ3n) is 2.28. The minimum atomic E-state index is -4.36. The third-order valence-corrected chi connectivity index (χ3v) is 2.28. The fourth-order valence-electron chi connectivity index (χ4n) is 1.43. The molecule has 0 bridgehead atoms. The van der Waals surface area contributed by atoms with Crippen molar-refractivity contribution >= 4 is 5.97 Å². The summed E-state index contributed by atoms with van der Waals surface area (Å²) >= 11 is 0. The first kappa shape index (κ1) is 15.1. The number of esters is 1. The van der Waals surface area contributed by atoms with Gasteiger partial charge in [-0.2, -0.15) is 13.2 Å². The van der Waals surface area contributed by atoms with Crippen molar-refractivity contribution in [3.05, 3.63) is 47.2 Å². The van der Waals surface area contributed by atoms with E-state index in [0.717, 1.165) is 18.2 Å². The van der Waals surface area contributed by atoms with Crippen LogP contribution in [0.1, 0.15) is 18.1 Å². The smallest absolute Gasteiger partial charge is 0.416 e. The number of nitrogens with two attached hydrogens (primary N) is 1. The van der Waals surface area contributed by atoms with E-state index in [2.05, 4.69) is 4.74 Å². The average Bonchev–Trinajstić information content (AvgIpc) is 2.28. The molecule has 0 aliphatic heterocycles. The Labute approximate surface area is 108 Å². The zero-order valence-corrected chi connectivity index (χ0v) is 10.3. The standard InChI is InChI=1S/C13H14F3NO2/c1-2-19-12(18)8-11(17)7-9-3-5-10(6-4-9)13(14,15)16/h3-6,8H,2,7,17H2,1H3/b11-8-. The van der Waals surface area contributed by atoms with E-state index >= 15 is 0 Å². The molecule has 0 aromatic heterocycles. The van der Waals surface area contributed by atoms with Crippen LogP contribution in [0.15, 0.2) is 36.0 Å². The summed E-state index contributed by atoms with van der Waals surface area (Å²) < 4.78 is 41.7. The molecule has 104 valence electrons. The Morgan fingerprint density at radius 2 is 1.89 bits per heavy atom. The number of rotatable bonds is 4. The second-order valence-corrected chi connectivity index (χ2v) is 3.84. The van der Waals surface area contributed by atoms with Crippen molar-refractivity contribution in [3.63, 3.8) is 0 Å². The average molecular weight is 273 g/mol. The van der Waals surface area contributed by atoms with Crippen molar-refractivity contribution in [1.82, 2.24) is 0 Å². The highest BCUT2D eigenvalue weighted by atomic mass is 19.4. The SMILES string of the molecule is CCOC(=O)/C=C(\N)Cc1ccc(C(F)(F)F)cc1. The van der Waals surface area contributed by atoms with Gasteiger partial charge >= 0.3 is 12.1 Å². The van der Waals surface area contributed by atoms with E-state index in [9.17, 15) is 18.0 Å². The van der Waals surface area contributed by atoms with Crippen molar-refractivity contribution in [1.29, 1.82) is 0 Å². The molecule has 0 aliphatic rings. The van der Waals surface area contributed by atoms with Gasteiger partial charge in [0.25, 0.3) is 0 Å². The first-order chi connectivity index (χ1) is 8.82. The molecule has 2 N–H and O–H groups in total. The van der Waals surface area contributed by atoms with Gasteiger partial charge in [-0.1, -0.05) is 12.1 Å². The highest BCUT2D eigenvalue weighted by Crippen LogP contribution is 2.29. The summed E-state index contributed by atoms with van der Waals surface area (Å²) in [6, 6.07) is 4.61. The summed E-state index contributed by atoms with van der Waals surface area (Å²) in [5, 5.41) is 0. The van der Waals surface area contributed by atoms with Gasteiger partial charge in [-0.05, 0) is 24.6 Å². The minimum absolute atomic E-state index is 0.191. The van der Waals surface area contributed by atoms with Crippen LogP contribution in [-0.4, -0.2) is 12.6 Å². The lowest BCUT2D eigenvalue weighted by molar-refractivity contribution is -0.138. The lowest BCUT2D eigenvalue weighted by Crippen LogP contribution is -2.08. The molecule has 1 aromatic carbocycles. The predicted molar refractivity (Wildman–Crippen MR) is 64.1 cm³/mol. The summed E-state index contributed by atoms with van der Waals surface area (Å²) in [6.45, 7) is 1.90. The first-order valence-corrected chi connectivity index (χ1v) is 5.62. The monoisotopic (exact) mass is 273 g/mol. The molecule has 0 aliphatic carbocycles. The molecule has 0 spiro atoms. The maximum atomic E-state index is 12.3. The Morgan fingerprint density at radius 3 is 2.37 bits per heavy atom. The van der Waals surface area contributed by atoms with E-state index in [4.69, 9.17) is 5.73 Å². The summed E-state index contributed by atoms with van der Waals surface area (Å²) in [4.78, 5) is 11.1. The maximum Gasteiger partial charge on any atom is 0.416 e. The second kappa shape index (κ2) is 6.26. The molecule has 1 aromatic rings. The Bertz CT molecular complexity index is 464. The highest BCUT2D eigenvalue weighted by molar-refractivity contribution is 5.82. The maximum absolute atomic E-state index is 12.3. The van der Waals surface area contributed by atoms with Crippen LogP contribution in [-0.2, 0) is 22.1 Å². The van der Waals surface area contributed by atoms with E-state index in [1.165, 1.54) is 12.1 Å². The van der Waals surface area contributed by atoms with Gasteiger partial charge in [0, 0.05) is 18.2 Å². The molecule has 1 rings (SSSR count). The molecule has 0 amide bonds. The molecule has 0 radical (unpaired) electrons. The van der Waals surface area contributed by atoms with E-state index < -0.39 is 17.7 Å². The van der Waals surface area contributed by atoms with Crippen LogP contribution in [0.4, 0.5) is 13.2 Å². The molecule has 19 heavy (non-hydrogen) atoms. The fraction of sp³-hybridized carbons (Fsp3) is 0.308. The number of halogens is 3. The van der Waals surface area contributed by atoms with Crippen molar-refractivity contribution in [2.24, 2.45) is 5.73 Å². The van der Waals surface area contributed by atoms with Gasteiger partial charge in [0.2, 0.25) is 0 Å². The number of hydrogen-bond acceptors (Lipinski definition) is 3. The van der Waals surface area contributed by atoms with Crippen molar-refractivity contribution in [2.75, 3.05) is 6.61 Å². The first-order valence-electron chi connectivity index (χ1n) is 5.62. The zero-order valence-electron chi connectivity index (χ0n) is 10.3. The molecular formula is C13H14F3NO2. The van der Waals surface area contributed by atoms with Crippen molar-refractivity contribution in [3.8, 4) is 0 Å². The van der Waals surface area contributed by atoms with E-state index in [-0.39, 0.29) is 18.7 Å². The van der Waals surface area contributed by atoms with Crippen LogP contribution < -0.4 is 5.73 Å². The van der Waals surface area contributed by atoms with Gasteiger partial charge in [0.15, 0.2) is 0 Å². The van der Waals surface area contributed by atoms with Crippen LogP contribution in [0.3, 0.4) is 0 Å². The highest BCUT2D eigenvalue weighted by Gasteiger charge is 2.29. The predicted octanol–water partition coefficient (Wildman–Crippen LogP) is 2.65. The fourth-order valence-corrected chi connectivity index (χ4v) is 1.43. The molecule has 3 nitrogen and oxygen atoms in total. The van der Waals surface area contributed by atoms with E-state index in [1.54, 1.807) is 6.92 Å². The Hall–Kier alpha value is -1.98. The largest absolute Gasteiger partial charge is 0.463 e. The normalized spacial score (nSPS) is 12.3. The number of alkyl halides is 3. The summed E-state index contributed by atoms with van der Waals surface area (Å²) in [7, 11) is 0. The number of carbonyl (C=O) groups is 1. The van der Waals surface area contributed by atoms with Crippen molar-refractivity contribution in [2.45, 2.75) is 19.5 Å². The molecule has 0 heterocycles. The van der Waals surface area contributed by atoms with Gasteiger partial charge in [-0.25, -0.2) is 4.79 Å². The van der Waals surface area contributed by atoms with Gasteiger partial charge in [0.1, 0.15) is 0 Å². The Morgan fingerprint density at radius 1 is 1.32 bits per heavy atom. The number of carbonyl (C=O) groups excluding carboxylic acids is 1. The molecular weight excluding hydrogens is 259 g/mol. The van der Waals surface area contributed by atoms with E-state index in [1.807, 2.05) is 0 Å². The lowest BCUT2D eigenvalue weighted by Gasteiger charge is -2.07. The quantitative estimate of drug-likeness (QED) is 0.677. The third kappa shape index (κ3) is 5.03. The molecule has 0 atom stereocenters. The minimum Gasteiger partial charge on any atom is -0.463 e. The number of hydrogen-bond donors (Lipinski definition) is 1. The van der Waals surface area contributed by atoms with Gasteiger partial charge < -0.3 is 10.5 Å². The molecule has 0 unspecified atom stereocenters. The van der Waals surface area contributed by atoms with Crippen molar-refractivity contribution < 1.29 is 22.7 Å². The zero-order chi connectivity index (χ0) is 14.5. The number of ether oxygens (including phenoxy) is 1. The van der Waals surface area contributed by atoms with Crippen LogP contribution in [0, 0.1) is 0 Å². The molecule has 0 fully saturated rings. The molecule has 0 saturated carbocycles. The van der Waals surface area contributed by atoms with E-state index in [0.29, 0.717) is 5.56 Å². The number of allylic oxidation sites excluding steroid dienone is 1.